The lowest BCUT2D eigenvalue weighted by Crippen LogP contribution is -2.50. The number of benzene rings is 1. The van der Waals surface area contributed by atoms with Gasteiger partial charge in [0.05, 0.1) is 33.0 Å². The van der Waals surface area contributed by atoms with E-state index in [-0.39, 0.29) is 6.10 Å². The molecule has 0 radical (unpaired) electrons. The van der Waals surface area contributed by atoms with Crippen LogP contribution in [0.25, 0.3) is 0 Å². The molecule has 1 aliphatic heterocycles. The van der Waals surface area contributed by atoms with E-state index < -0.39 is 0 Å². The fourth-order valence-corrected chi connectivity index (χ4v) is 3.39. The van der Waals surface area contributed by atoms with E-state index in [4.69, 9.17) is 19.2 Å². The summed E-state index contributed by atoms with van der Waals surface area (Å²) in [6, 6.07) is 5.94. The quantitative estimate of drug-likeness (QED) is 0.460. The Balaban J connectivity index is 1.92. The van der Waals surface area contributed by atoms with E-state index in [9.17, 15) is 0 Å². The number of morpholine rings is 1. The predicted molar refractivity (Wildman–Crippen MR) is 118 cm³/mol. The van der Waals surface area contributed by atoms with Crippen molar-refractivity contribution in [2.24, 2.45) is 10.9 Å². The van der Waals surface area contributed by atoms with Crippen LogP contribution in [0.15, 0.2) is 23.2 Å². The number of nitrogens with one attached hydrogen (secondary N) is 2. The lowest BCUT2D eigenvalue weighted by atomic mass is 10.2. The SMILES string of the molecule is CCNC(=NCc1ccc(OCC)c(OC)c1)NCC1CN(CC(C)C)CCO1. The van der Waals surface area contributed by atoms with Gasteiger partial charge >= 0.3 is 0 Å². The molecule has 1 fully saturated rings. The Kier molecular flexibility index (Phi) is 10.1. The van der Waals surface area contributed by atoms with Gasteiger partial charge in [0.2, 0.25) is 0 Å². The smallest absolute Gasteiger partial charge is 0.191 e. The van der Waals surface area contributed by atoms with Gasteiger partial charge in [-0.25, -0.2) is 4.99 Å². The molecule has 1 atom stereocenters. The second kappa shape index (κ2) is 12.5. The summed E-state index contributed by atoms with van der Waals surface area (Å²) < 4.78 is 16.9. The zero-order valence-electron chi connectivity index (χ0n) is 18.7. The van der Waals surface area contributed by atoms with Crippen LogP contribution in [-0.2, 0) is 11.3 Å². The molecule has 1 saturated heterocycles. The summed E-state index contributed by atoms with van der Waals surface area (Å²) in [7, 11) is 1.66. The summed E-state index contributed by atoms with van der Waals surface area (Å²) in [5.41, 5.74) is 1.07. The van der Waals surface area contributed by atoms with Gasteiger partial charge in [-0.05, 0) is 37.5 Å². The van der Waals surface area contributed by atoms with Gasteiger partial charge in [-0.1, -0.05) is 19.9 Å². The Morgan fingerprint density at radius 3 is 2.79 bits per heavy atom. The molecule has 0 amide bonds. The van der Waals surface area contributed by atoms with E-state index in [0.717, 1.165) is 62.4 Å². The zero-order chi connectivity index (χ0) is 21.1. The van der Waals surface area contributed by atoms with E-state index in [0.29, 0.717) is 19.1 Å². The molecule has 1 aliphatic rings. The second-order valence-electron chi connectivity index (χ2n) is 7.64. The molecule has 7 nitrogen and oxygen atoms in total. The molecule has 1 heterocycles. The van der Waals surface area contributed by atoms with Crippen molar-refractivity contribution in [1.82, 2.24) is 15.5 Å². The van der Waals surface area contributed by atoms with Crippen molar-refractivity contribution in [3.63, 3.8) is 0 Å². The fourth-order valence-electron chi connectivity index (χ4n) is 3.39. The standard InChI is InChI=1S/C22H38N4O3/c1-6-23-22(25-14-19-16-26(10-11-29-19)15-17(3)4)24-13-18-8-9-20(28-7-2)21(12-18)27-5/h8-9,12,17,19H,6-7,10-11,13-16H2,1-5H3,(H2,23,24,25). The first kappa shape index (κ1) is 23.3. The Bertz CT molecular complexity index is 636. The summed E-state index contributed by atoms with van der Waals surface area (Å²) in [6.45, 7) is 15.2. The van der Waals surface area contributed by atoms with Gasteiger partial charge in [-0.2, -0.15) is 0 Å². The van der Waals surface area contributed by atoms with Gasteiger partial charge in [0.15, 0.2) is 17.5 Å². The maximum Gasteiger partial charge on any atom is 0.191 e. The van der Waals surface area contributed by atoms with Crippen LogP contribution in [0.2, 0.25) is 0 Å². The minimum Gasteiger partial charge on any atom is -0.493 e. The Morgan fingerprint density at radius 1 is 1.28 bits per heavy atom. The maximum atomic E-state index is 5.93. The van der Waals surface area contributed by atoms with Crippen molar-refractivity contribution >= 4 is 5.96 Å². The molecule has 7 heteroatoms. The van der Waals surface area contributed by atoms with E-state index >= 15 is 0 Å². The van der Waals surface area contributed by atoms with Gasteiger partial charge in [0, 0.05) is 32.7 Å². The van der Waals surface area contributed by atoms with Crippen LogP contribution in [0.1, 0.15) is 33.3 Å². The summed E-state index contributed by atoms with van der Waals surface area (Å²) >= 11 is 0. The largest absolute Gasteiger partial charge is 0.493 e. The lowest BCUT2D eigenvalue weighted by Gasteiger charge is -2.34. The van der Waals surface area contributed by atoms with Crippen LogP contribution < -0.4 is 20.1 Å². The maximum absolute atomic E-state index is 5.93. The Hall–Kier alpha value is -1.99. The van der Waals surface area contributed by atoms with E-state index in [1.807, 2.05) is 25.1 Å². The highest BCUT2D eigenvalue weighted by molar-refractivity contribution is 5.79. The first-order valence-electron chi connectivity index (χ1n) is 10.7. The number of hydrogen-bond acceptors (Lipinski definition) is 5. The second-order valence-corrected chi connectivity index (χ2v) is 7.64. The van der Waals surface area contributed by atoms with E-state index in [1.54, 1.807) is 7.11 Å². The average molecular weight is 407 g/mol. The van der Waals surface area contributed by atoms with Crippen molar-refractivity contribution < 1.29 is 14.2 Å². The number of nitrogens with zero attached hydrogens (tertiary/aromatic N) is 2. The highest BCUT2D eigenvalue weighted by Gasteiger charge is 2.21. The van der Waals surface area contributed by atoms with Gasteiger partial charge in [-0.15, -0.1) is 0 Å². The van der Waals surface area contributed by atoms with Crippen molar-refractivity contribution in [1.29, 1.82) is 0 Å². The molecule has 1 unspecified atom stereocenters. The molecule has 1 aromatic rings. The lowest BCUT2D eigenvalue weighted by molar-refractivity contribution is -0.0284. The summed E-state index contributed by atoms with van der Waals surface area (Å²) in [4.78, 5) is 7.20. The van der Waals surface area contributed by atoms with Crippen LogP contribution in [-0.4, -0.2) is 70.0 Å². The number of guanidine groups is 1. The Morgan fingerprint density at radius 2 is 2.10 bits per heavy atom. The molecule has 0 aromatic heterocycles. The molecule has 1 aromatic carbocycles. The molecule has 2 N–H and O–H groups in total. The minimum absolute atomic E-state index is 0.178. The third-order valence-electron chi connectivity index (χ3n) is 4.64. The first-order chi connectivity index (χ1) is 14.0. The summed E-state index contributed by atoms with van der Waals surface area (Å²) in [5.74, 6) is 2.96. The third kappa shape index (κ3) is 8.11. The Labute approximate surface area is 175 Å². The minimum atomic E-state index is 0.178. The number of methoxy groups -OCH3 is 1. The van der Waals surface area contributed by atoms with Crippen molar-refractivity contribution in [2.45, 2.75) is 40.3 Å². The highest BCUT2D eigenvalue weighted by atomic mass is 16.5. The van der Waals surface area contributed by atoms with Gasteiger partial charge in [0.1, 0.15) is 0 Å². The number of rotatable bonds is 10. The third-order valence-corrected chi connectivity index (χ3v) is 4.64. The molecule has 2 rings (SSSR count). The highest BCUT2D eigenvalue weighted by Crippen LogP contribution is 2.28. The van der Waals surface area contributed by atoms with Gasteiger partial charge in [-0.3, -0.25) is 4.90 Å². The first-order valence-corrected chi connectivity index (χ1v) is 10.7. The number of aliphatic imine (C=N–C) groups is 1. The van der Waals surface area contributed by atoms with E-state index in [1.165, 1.54) is 0 Å². The van der Waals surface area contributed by atoms with Gasteiger partial charge in [0.25, 0.3) is 0 Å². The monoisotopic (exact) mass is 406 g/mol. The summed E-state index contributed by atoms with van der Waals surface area (Å²) in [5, 5.41) is 6.74. The molecule has 0 bridgehead atoms. The molecular formula is C22H38N4O3. The fraction of sp³-hybridized carbons (Fsp3) is 0.682. The number of ether oxygens (including phenoxy) is 3. The van der Waals surface area contributed by atoms with Crippen molar-refractivity contribution in [3.05, 3.63) is 23.8 Å². The molecule has 0 aliphatic carbocycles. The van der Waals surface area contributed by atoms with Crippen LogP contribution in [0.4, 0.5) is 0 Å². The van der Waals surface area contributed by atoms with Crippen molar-refractivity contribution in [3.8, 4) is 11.5 Å². The topological polar surface area (TPSA) is 67.4 Å². The predicted octanol–water partition coefficient (Wildman–Crippen LogP) is 2.51. The molecule has 164 valence electrons. The van der Waals surface area contributed by atoms with Crippen molar-refractivity contribution in [2.75, 3.05) is 53.0 Å². The van der Waals surface area contributed by atoms with Crippen LogP contribution >= 0.6 is 0 Å². The molecular weight excluding hydrogens is 368 g/mol. The van der Waals surface area contributed by atoms with Crippen LogP contribution in [0.3, 0.4) is 0 Å². The zero-order valence-corrected chi connectivity index (χ0v) is 18.7. The summed E-state index contributed by atoms with van der Waals surface area (Å²) in [6.07, 6.45) is 0.178. The van der Waals surface area contributed by atoms with Crippen LogP contribution in [0, 0.1) is 5.92 Å². The molecule has 0 spiro atoms. The van der Waals surface area contributed by atoms with Gasteiger partial charge < -0.3 is 24.8 Å². The molecule has 0 saturated carbocycles. The normalized spacial score (nSPS) is 18.0. The van der Waals surface area contributed by atoms with E-state index in [2.05, 4.69) is 36.3 Å². The average Bonchev–Trinajstić information content (AvgIpc) is 2.71. The van der Waals surface area contributed by atoms with Crippen LogP contribution in [0.5, 0.6) is 11.5 Å². The number of hydrogen-bond donors (Lipinski definition) is 2. The molecule has 29 heavy (non-hydrogen) atoms.